The first-order chi connectivity index (χ1) is 8.95. The molecule has 0 aromatic heterocycles. The van der Waals surface area contributed by atoms with Crippen molar-refractivity contribution in [3.63, 3.8) is 0 Å². The average Bonchev–Trinajstić information content (AvgIpc) is 2.37. The third-order valence-electron chi connectivity index (χ3n) is 3.73. The Kier molecular flexibility index (Phi) is 6.24. The Morgan fingerprint density at radius 2 is 1.95 bits per heavy atom. The van der Waals surface area contributed by atoms with Crippen molar-refractivity contribution in [2.75, 3.05) is 26.7 Å². The molecule has 1 unspecified atom stereocenters. The van der Waals surface area contributed by atoms with E-state index in [1.54, 1.807) is 11.9 Å². The van der Waals surface area contributed by atoms with Crippen LogP contribution in [0.25, 0.3) is 0 Å². The second kappa shape index (κ2) is 7.45. The zero-order valence-electron chi connectivity index (χ0n) is 12.0. The van der Waals surface area contributed by atoms with Crippen molar-refractivity contribution in [3.8, 4) is 0 Å². The minimum absolute atomic E-state index is 0.0855. The molecule has 1 aliphatic heterocycles. The Morgan fingerprint density at radius 3 is 2.42 bits per heavy atom. The van der Waals surface area contributed by atoms with Gasteiger partial charge in [-0.2, -0.15) is 0 Å². The number of piperidine rings is 1. The summed E-state index contributed by atoms with van der Waals surface area (Å²) in [4.78, 5) is 27.0. The van der Waals surface area contributed by atoms with Crippen LogP contribution in [0, 0.1) is 0 Å². The van der Waals surface area contributed by atoms with Gasteiger partial charge < -0.3 is 21.3 Å². The number of nitrogens with two attached hydrogens (primary N) is 2. The molecule has 1 atom stereocenters. The van der Waals surface area contributed by atoms with Gasteiger partial charge in [0.05, 0.1) is 12.5 Å². The molecule has 0 radical (unpaired) electrons. The summed E-state index contributed by atoms with van der Waals surface area (Å²) in [6.45, 7) is 5.32. The van der Waals surface area contributed by atoms with Gasteiger partial charge in [0.25, 0.3) is 0 Å². The van der Waals surface area contributed by atoms with Crippen LogP contribution in [0.15, 0.2) is 0 Å². The SMILES string of the molecule is CCCN1CCC(N(C)C(=O)C(N)CC(N)=O)CC1. The monoisotopic (exact) mass is 270 g/mol. The van der Waals surface area contributed by atoms with E-state index >= 15 is 0 Å². The molecule has 0 aromatic carbocycles. The number of hydrogen-bond donors (Lipinski definition) is 2. The summed E-state index contributed by atoms with van der Waals surface area (Å²) in [6.07, 6.45) is 3.00. The number of hydrogen-bond acceptors (Lipinski definition) is 4. The molecule has 0 aliphatic carbocycles. The van der Waals surface area contributed by atoms with Crippen LogP contribution in [0.4, 0.5) is 0 Å². The van der Waals surface area contributed by atoms with Gasteiger partial charge in [-0.3, -0.25) is 9.59 Å². The second-order valence-electron chi connectivity index (χ2n) is 5.30. The fraction of sp³-hybridized carbons (Fsp3) is 0.846. The van der Waals surface area contributed by atoms with Gasteiger partial charge in [0.2, 0.25) is 11.8 Å². The lowest BCUT2D eigenvalue weighted by atomic mass is 10.0. The molecule has 1 rings (SSSR count). The van der Waals surface area contributed by atoms with Crippen molar-refractivity contribution in [1.29, 1.82) is 0 Å². The Hall–Kier alpha value is -1.14. The number of likely N-dealkylation sites (tertiary alicyclic amines) is 1. The molecular weight excluding hydrogens is 244 g/mol. The van der Waals surface area contributed by atoms with E-state index in [4.69, 9.17) is 11.5 Å². The highest BCUT2D eigenvalue weighted by atomic mass is 16.2. The van der Waals surface area contributed by atoms with Gasteiger partial charge in [0, 0.05) is 26.2 Å². The Labute approximate surface area is 115 Å². The van der Waals surface area contributed by atoms with Crippen molar-refractivity contribution >= 4 is 11.8 Å². The maximum Gasteiger partial charge on any atom is 0.240 e. The van der Waals surface area contributed by atoms with Crippen molar-refractivity contribution in [1.82, 2.24) is 9.80 Å². The highest BCUT2D eigenvalue weighted by Crippen LogP contribution is 2.16. The first-order valence-corrected chi connectivity index (χ1v) is 6.98. The Bertz CT molecular complexity index is 314. The average molecular weight is 270 g/mol. The van der Waals surface area contributed by atoms with Crippen molar-refractivity contribution in [3.05, 3.63) is 0 Å². The first-order valence-electron chi connectivity index (χ1n) is 6.98. The van der Waals surface area contributed by atoms with Gasteiger partial charge in [0.15, 0.2) is 0 Å². The lowest BCUT2D eigenvalue weighted by molar-refractivity contribution is -0.136. The summed E-state index contributed by atoms with van der Waals surface area (Å²) in [5.74, 6) is -0.722. The number of primary amides is 1. The quantitative estimate of drug-likeness (QED) is 0.682. The maximum absolute atomic E-state index is 12.1. The Balaban J connectivity index is 2.43. The van der Waals surface area contributed by atoms with E-state index in [1.165, 1.54) is 0 Å². The van der Waals surface area contributed by atoms with Gasteiger partial charge in [-0.15, -0.1) is 0 Å². The number of rotatable bonds is 6. The maximum atomic E-state index is 12.1. The summed E-state index contributed by atoms with van der Waals surface area (Å²) in [5, 5.41) is 0. The summed E-state index contributed by atoms with van der Waals surface area (Å²) in [7, 11) is 1.77. The van der Waals surface area contributed by atoms with Crippen LogP contribution in [0.3, 0.4) is 0 Å². The van der Waals surface area contributed by atoms with Crippen LogP contribution < -0.4 is 11.5 Å². The number of carbonyl (C=O) groups is 2. The standard InChI is InChI=1S/C13H26N4O2/c1-3-6-17-7-4-10(5-8-17)16(2)13(19)11(14)9-12(15)18/h10-11H,3-9,14H2,1-2H3,(H2,15,18). The van der Waals surface area contributed by atoms with Crippen LogP contribution in [-0.2, 0) is 9.59 Å². The third kappa shape index (κ3) is 4.80. The molecule has 0 bridgehead atoms. The molecule has 4 N–H and O–H groups in total. The lowest BCUT2D eigenvalue weighted by Crippen LogP contribution is -2.51. The van der Waals surface area contributed by atoms with Crippen molar-refractivity contribution in [2.45, 2.75) is 44.7 Å². The van der Waals surface area contributed by atoms with Crippen LogP contribution in [0.1, 0.15) is 32.6 Å². The van der Waals surface area contributed by atoms with Crippen LogP contribution in [0.5, 0.6) is 0 Å². The first kappa shape index (κ1) is 15.9. The molecule has 110 valence electrons. The molecular formula is C13H26N4O2. The van der Waals surface area contributed by atoms with Gasteiger partial charge in [-0.05, 0) is 25.8 Å². The van der Waals surface area contributed by atoms with E-state index in [0.717, 1.165) is 38.9 Å². The Morgan fingerprint density at radius 1 is 1.37 bits per heavy atom. The molecule has 0 saturated carbocycles. The molecule has 0 aromatic rings. The normalized spacial score (nSPS) is 19.1. The molecule has 1 saturated heterocycles. The van der Waals surface area contributed by atoms with Gasteiger partial charge in [0.1, 0.15) is 0 Å². The van der Waals surface area contributed by atoms with E-state index in [-0.39, 0.29) is 18.4 Å². The van der Waals surface area contributed by atoms with Crippen LogP contribution in [-0.4, -0.2) is 60.4 Å². The summed E-state index contributed by atoms with van der Waals surface area (Å²) in [5.41, 5.74) is 10.8. The predicted molar refractivity (Wildman–Crippen MR) is 74.3 cm³/mol. The molecule has 6 nitrogen and oxygen atoms in total. The molecule has 1 fully saturated rings. The van der Waals surface area contributed by atoms with Gasteiger partial charge >= 0.3 is 0 Å². The van der Waals surface area contributed by atoms with Crippen LogP contribution >= 0.6 is 0 Å². The van der Waals surface area contributed by atoms with E-state index in [9.17, 15) is 9.59 Å². The minimum Gasteiger partial charge on any atom is -0.370 e. The largest absolute Gasteiger partial charge is 0.370 e. The predicted octanol–water partition coefficient (Wildman–Crippen LogP) is -0.478. The number of amides is 2. The smallest absolute Gasteiger partial charge is 0.240 e. The van der Waals surface area contributed by atoms with Crippen molar-refractivity contribution in [2.24, 2.45) is 11.5 Å². The van der Waals surface area contributed by atoms with E-state index in [2.05, 4.69) is 11.8 Å². The van der Waals surface area contributed by atoms with E-state index in [0.29, 0.717) is 0 Å². The molecule has 2 amide bonds. The molecule has 19 heavy (non-hydrogen) atoms. The van der Waals surface area contributed by atoms with Gasteiger partial charge in [-0.25, -0.2) is 0 Å². The van der Waals surface area contributed by atoms with Crippen LogP contribution in [0.2, 0.25) is 0 Å². The lowest BCUT2D eigenvalue weighted by Gasteiger charge is -2.37. The highest BCUT2D eigenvalue weighted by molar-refractivity contribution is 5.87. The summed E-state index contributed by atoms with van der Waals surface area (Å²) < 4.78 is 0. The van der Waals surface area contributed by atoms with E-state index in [1.807, 2.05) is 0 Å². The molecule has 1 aliphatic rings. The molecule has 0 spiro atoms. The third-order valence-corrected chi connectivity index (χ3v) is 3.73. The number of nitrogens with zero attached hydrogens (tertiary/aromatic N) is 2. The zero-order valence-corrected chi connectivity index (χ0v) is 12.0. The fourth-order valence-electron chi connectivity index (χ4n) is 2.59. The number of carbonyl (C=O) groups excluding carboxylic acids is 2. The summed E-state index contributed by atoms with van der Waals surface area (Å²) in [6, 6.07) is -0.587. The fourth-order valence-corrected chi connectivity index (χ4v) is 2.59. The van der Waals surface area contributed by atoms with Crippen molar-refractivity contribution < 1.29 is 9.59 Å². The highest BCUT2D eigenvalue weighted by Gasteiger charge is 2.28. The second-order valence-corrected chi connectivity index (χ2v) is 5.30. The molecule has 6 heteroatoms. The summed E-state index contributed by atoms with van der Waals surface area (Å²) >= 11 is 0. The van der Waals surface area contributed by atoms with E-state index < -0.39 is 11.9 Å². The number of likely N-dealkylation sites (N-methyl/N-ethyl adjacent to an activating group) is 1. The zero-order chi connectivity index (χ0) is 14.4. The molecule has 1 heterocycles. The minimum atomic E-state index is -0.809. The topological polar surface area (TPSA) is 92.7 Å². The van der Waals surface area contributed by atoms with Gasteiger partial charge in [-0.1, -0.05) is 6.92 Å².